The van der Waals surface area contributed by atoms with Crippen LogP contribution in [-0.2, 0) is 17.7 Å². The minimum atomic E-state index is -0.133. The van der Waals surface area contributed by atoms with E-state index in [1.165, 1.54) is 5.56 Å². The summed E-state index contributed by atoms with van der Waals surface area (Å²) < 4.78 is 7.38. The van der Waals surface area contributed by atoms with Crippen molar-refractivity contribution in [3.63, 3.8) is 0 Å². The summed E-state index contributed by atoms with van der Waals surface area (Å²) in [4.78, 5) is 31.3. The van der Waals surface area contributed by atoms with Crippen LogP contribution < -0.4 is 15.8 Å². The summed E-state index contributed by atoms with van der Waals surface area (Å²) in [6.07, 6.45) is 0.779. The maximum absolute atomic E-state index is 13.4. The van der Waals surface area contributed by atoms with Crippen LogP contribution in [0.4, 0.5) is 5.69 Å². The number of carbonyl (C=O) groups is 1. The number of anilines is 1. The number of ether oxygens (including phenoxy) is 1. The topological polar surface area (TPSA) is 79.4 Å². The average Bonchev–Trinajstić information content (AvgIpc) is 2.92. The lowest BCUT2D eigenvalue weighted by molar-refractivity contribution is 0.0954. The number of rotatable bonds is 7. The Balaban J connectivity index is 1.29. The van der Waals surface area contributed by atoms with Crippen molar-refractivity contribution in [2.75, 3.05) is 37.7 Å². The van der Waals surface area contributed by atoms with Crippen LogP contribution in [0.25, 0.3) is 10.9 Å². The molecule has 7 nitrogen and oxygen atoms in total. The zero-order chi connectivity index (χ0) is 24.9. The molecule has 0 unspecified atom stereocenters. The van der Waals surface area contributed by atoms with Crippen LogP contribution in [0.3, 0.4) is 0 Å². The SMILES string of the molecule is O=C(NCCc1ccccc1)c1ccc(Cn2c(=S)[nH]c3ccc(N4CCOCC4)cc3c2=O)cc1. The summed E-state index contributed by atoms with van der Waals surface area (Å²) in [6.45, 7) is 3.85. The maximum atomic E-state index is 13.4. The molecule has 1 aromatic heterocycles. The molecule has 1 amide bonds. The van der Waals surface area contributed by atoms with E-state index in [2.05, 4.69) is 15.2 Å². The summed E-state index contributed by atoms with van der Waals surface area (Å²) in [6, 6.07) is 23.2. The van der Waals surface area contributed by atoms with Gasteiger partial charge in [-0.1, -0.05) is 42.5 Å². The molecule has 2 N–H and O–H groups in total. The third-order valence-electron chi connectivity index (χ3n) is 6.44. The highest BCUT2D eigenvalue weighted by molar-refractivity contribution is 7.71. The van der Waals surface area contributed by atoms with Crippen molar-refractivity contribution in [2.45, 2.75) is 13.0 Å². The van der Waals surface area contributed by atoms with Gasteiger partial charge in [0.15, 0.2) is 4.77 Å². The molecule has 2 heterocycles. The largest absolute Gasteiger partial charge is 0.378 e. The monoisotopic (exact) mass is 500 g/mol. The first-order valence-electron chi connectivity index (χ1n) is 12.1. The number of nitrogens with zero attached hydrogens (tertiary/aromatic N) is 2. The molecule has 0 spiro atoms. The van der Waals surface area contributed by atoms with Crippen LogP contribution in [0.15, 0.2) is 77.6 Å². The number of hydrogen-bond acceptors (Lipinski definition) is 5. The molecular formula is C28H28N4O3S. The van der Waals surface area contributed by atoms with Crippen molar-refractivity contribution >= 4 is 34.7 Å². The molecule has 3 aromatic carbocycles. The second-order valence-electron chi connectivity index (χ2n) is 8.84. The van der Waals surface area contributed by atoms with E-state index < -0.39 is 0 Å². The molecule has 4 aromatic rings. The lowest BCUT2D eigenvalue weighted by Crippen LogP contribution is -2.36. The molecule has 1 fully saturated rings. The van der Waals surface area contributed by atoms with Crippen molar-refractivity contribution in [3.8, 4) is 0 Å². The molecule has 0 atom stereocenters. The summed E-state index contributed by atoms with van der Waals surface area (Å²) >= 11 is 5.50. The van der Waals surface area contributed by atoms with Crippen LogP contribution in [0, 0.1) is 4.77 Å². The number of morpholine rings is 1. The van der Waals surface area contributed by atoms with E-state index in [0.29, 0.717) is 42.0 Å². The Morgan fingerprint density at radius 1 is 0.972 bits per heavy atom. The number of fused-ring (bicyclic) bond motifs is 1. The standard InChI is InChI=1S/C28H28N4O3S/c33-26(29-13-12-20-4-2-1-3-5-20)22-8-6-21(7-9-22)19-32-27(34)24-18-23(31-14-16-35-17-15-31)10-11-25(24)30-28(32)36/h1-11,18H,12-17,19H2,(H,29,33)(H,30,36). The fourth-order valence-corrected chi connectivity index (χ4v) is 4.67. The van der Waals surface area contributed by atoms with Crippen LogP contribution in [0.2, 0.25) is 0 Å². The van der Waals surface area contributed by atoms with Gasteiger partial charge in [0.1, 0.15) is 0 Å². The highest BCUT2D eigenvalue weighted by Crippen LogP contribution is 2.20. The summed E-state index contributed by atoms with van der Waals surface area (Å²) in [5, 5.41) is 3.56. The van der Waals surface area contributed by atoms with Gasteiger partial charge in [0, 0.05) is 30.9 Å². The fourth-order valence-electron chi connectivity index (χ4n) is 4.41. The Bertz CT molecular complexity index is 1470. The van der Waals surface area contributed by atoms with Gasteiger partial charge in [-0.15, -0.1) is 0 Å². The molecule has 184 valence electrons. The van der Waals surface area contributed by atoms with Crippen LogP contribution in [0.5, 0.6) is 0 Å². The third-order valence-corrected chi connectivity index (χ3v) is 6.76. The van der Waals surface area contributed by atoms with E-state index in [-0.39, 0.29) is 11.5 Å². The Hall–Kier alpha value is -3.75. The quantitative estimate of drug-likeness (QED) is 0.376. The number of H-pyrrole nitrogens is 1. The minimum Gasteiger partial charge on any atom is -0.378 e. The van der Waals surface area contributed by atoms with Crippen molar-refractivity contribution in [2.24, 2.45) is 0 Å². The van der Waals surface area contributed by atoms with Crippen molar-refractivity contribution in [3.05, 3.63) is 105 Å². The molecular weight excluding hydrogens is 472 g/mol. The Morgan fingerprint density at radius 2 is 1.72 bits per heavy atom. The molecule has 8 heteroatoms. The van der Waals surface area contributed by atoms with Crippen molar-refractivity contribution in [1.29, 1.82) is 0 Å². The zero-order valence-electron chi connectivity index (χ0n) is 19.9. The molecule has 5 rings (SSSR count). The minimum absolute atomic E-state index is 0.117. The second kappa shape index (κ2) is 10.9. The molecule has 0 radical (unpaired) electrons. The van der Waals surface area contributed by atoms with Gasteiger partial charge in [-0.05, 0) is 60.1 Å². The Kier molecular flexibility index (Phi) is 7.25. The van der Waals surface area contributed by atoms with E-state index in [0.717, 1.165) is 36.3 Å². The number of amides is 1. The highest BCUT2D eigenvalue weighted by Gasteiger charge is 2.14. The maximum Gasteiger partial charge on any atom is 0.262 e. The van der Waals surface area contributed by atoms with Crippen molar-refractivity contribution < 1.29 is 9.53 Å². The van der Waals surface area contributed by atoms with E-state index in [1.807, 2.05) is 60.7 Å². The van der Waals surface area contributed by atoms with Gasteiger partial charge in [-0.2, -0.15) is 0 Å². The molecule has 1 aliphatic rings. The molecule has 1 aliphatic heterocycles. The predicted molar refractivity (Wildman–Crippen MR) is 144 cm³/mol. The number of nitrogens with one attached hydrogen (secondary N) is 2. The van der Waals surface area contributed by atoms with Crippen molar-refractivity contribution in [1.82, 2.24) is 14.9 Å². The average molecular weight is 501 g/mol. The van der Waals surface area contributed by atoms with E-state index in [9.17, 15) is 9.59 Å². The van der Waals surface area contributed by atoms with Crippen LogP contribution in [0.1, 0.15) is 21.5 Å². The predicted octanol–water partition coefficient (Wildman–Crippen LogP) is 3.92. The van der Waals surface area contributed by atoms with E-state index in [4.69, 9.17) is 17.0 Å². The molecule has 0 saturated carbocycles. The molecule has 0 bridgehead atoms. The van der Waals surface area contributed by atoms with Crippen LogP contribution >= 0.6 is 12.2 Å². The lowest BCUT2D eigenvalue weighted by atomic mass is 10.1. The highest BCUT2D eigenvalue weighted by atomic mass is 32.1. The first-order valence-corrected chi connectivity index (χ1v) is 12.5. The van der Waals surface area contributed by atoms with Gasteiger partial charge < -0.3 is 19.9 Å². The first kappa shape index (κ1) is 24.0. The molecule has 0 aliphatic carbocycles. The summed E-state index contributed by atoms with van der Waals surface area (Å²) in [5.74, 6) is -0.117. The normalized spacial score (nSPS) is 13.6. The number of carbonyl (C=O) groups excluding carboxylic acids is 1. The Labute approximate surface area is 214 Å². The first-order chi connectivity index (χ1) is 17.6. The van der Waals surface area contributed by atoms with Gasteiger partial charge >= 0.3 is 0 Å². The fraction of sp³-hybridized carbons (Fsp3) is 0.250. The van der Waals surface area contributed by atoms with Crippen LogP contribution in [-0.4, -0.2) is 48.3 Å². The van der Waals surface area contributed by atoms with Gasteiger partial charge in [0.2, 0.25) is 0 Å². The second-order valence-corrected chi connectivity index (χ2v) is 9.23. The third kappa shape index (κ3) is 5.40. The number of benzene rings is 3. The number of aromatic nitrogens is 2. The molecule has 36 heavy (non-hydrogen) atoms. The van der Waals surface area contributed by atoms with E-state index in [1.54, 1.807) is 16.7 Å². The summed E-state index contributed by atoms with van der Waals surface area (Å²) in [7, 11) is 0. The Morgan fingerprint density at radius 3 is 2.47 bits per heavy atom. The number of aromatic amines is 1. The van der Waals surface area contributed by atoms with Gasteiger partial charge in [-0.3, -0.25) is 14.2 Å². The smallest absolute Gasteiger partial charge is 0.262 e. The van der Waals surface area contributed by atoms with Gasteiger partial charge in [0.05, 0.1) is 30.7 Å². The molecule has 1 saturated heterocycles. The zero-order valence-corrected chi connectivity index (χ0v) is 20.7. The van der Waals surface area contributed by atoms with Gasteiger partial charge in [-0.25, -0.2) is 0 Å². The van der Waals surface area contributed by atoms with Gasteiger partial charge in [0.25, 0.3) is 11.5 Å². The van der Waals surface area contributed by atoms with E-state index >= 15 is 0 Å². The summed E-state index contributed by atoms with van der Waals surface area (Å²) in [5.41, 5.74) is 4.25. The lowest BCUT2D eigenvalue weighted by Gasteiger charge is -2.29. The number of hydrogen-bond donors (Lipinski definition) is 2.